The minimum Gasteiger partial charge on any atom is -0.299 e. The largest absolute Gasteiger partial charge is 0.299 e. The smallest absolute Gasteiger partial charge is 0.192 e. The number of allylic oxidation sites excluding steroid dienone is 3. The lowest BCUT2D eigenvalue weighted by Crippen LogP contribution is -2.37. The molecule has 1 fully saturated rings. The van der Waals surface area contributed by atoms with Gasteiger partial charge in [0, 0.05) is 22.5 Å². The molecule has 3 heteroatoms. The van der Waals surface area contributed by atoms with E-state index in [4.69, 9.17) is 0 Å². The summed E-state index contributed by atoms with van der Waals surface area (Å²) >= 11 is 1.43. The number of hydrogen-bond acceptors (Lipinski definition) is 3. The summed E-state index contributed by atoms with van der Waals surface area (Å²) < 4.78 is -0.0940. The van der Waals surface area contributed by atoms with Crippen LogP contribution in [0.5, 0.6) is 0 Å². The lowest BCUT2D eigenvalue weighted by molar-refractivity contribution is -0.128. The molecule has 0 unspecified atom stereocenters. The van der Waals surface area contributed by atoms with Crippen molar-refractivity contribution in [2.75, 3.05) is 0 Å². The minimum atomic E-state index is -0.430. The van der Waals surface area contributed by atoms with Crippen molar-refractivity contribution in [2.24, 2.45) is 17.3 Å². The SMILES string of the molecule is C=C(C)C[C@@]1(C)C(=O)CC[C@@H]1[C@@H](CCC=CC)C(=O)SC(C)(C)C. The first kappa shape index (κ1) is 21.2. The van der Waals surface area contributed by atoms with Crippen LogP contribution in [-0.4, -0.2) is 15.6 Å². The number of ketones is 1. The van der Waals surface area contributed by atoms with Crippen LogP contribution in [0.15, 0.2) is 24.3 Å². The fourth-order valence-corrected chi connectivity index (χ4v) is 4.94. The molecule has 2 nitrogen and oxygen atoms in total. The molecule has 0 amide bonds. The molecule has 24 heavy (non-hydrogen) atoms. The van der Waals surface area contributed by atoms with Gasteiger partial charge in [-0.2, -0.15) is 0 Å². The molecule has 0 aromatic rings. The van der Waals surface area contributed by atoms with Gasteiger partial charge in [-0.15, -0.1) is 6.58 Å². The second-order valence-electron chi connectivity index (χ2n) is 8.41. The maximum atomic E-state index is 13.0. The van der Waals surface area contributed by atoms with Crippen LogP contribution in [0.25, 0.3) is 0 Å². The topological polar surface area (TPSA) is 34.1 Å². The third-order valence-corrected chi connectivity index (χ3v) is 6.00. The Morgan fingerprint density at radius 2 is 2.08 bits per heavy atom. The zero-order valence-corrected chi connectivity index (χ0v) is 17.1. The Hall–Kier alpha value is -0.830. The van der Waals surface area contributed by atoms with Crippen LogP contribution in [-0.2, 0) is 9.59 Å². The third-order valence-electron chi connectivity index (χ3n) is 4.88. The van der Waals surface area contributed by atoms with E-state index in [9.17, 15) is 9.59 Å². The van der Waals surface area contributed by atoms with Crippen molar-refractivity contribution in [1.82, 2.24) is 0 Å². The van der Waals surface area contributed by atoms with E-state index in [1.54, 1.807) is 0 Å². The summed E-state index contributed by atoms with van der Waals surface area (Å²) in [6.45, 7) is 16.3. The second-order valence-corrected chi connectivity index (χ2v) is 10.2. The molecule has 1 saturated carbocycles. The highest BCUT2D eigenvalue weighted by Crippen LogP contribution is 2.50. The Morgan fingerprint density at radius 3 is 2.58 bits per heavy atom. The molecule has 0 saturated heterocycles. The molecule has 0 aromatic heterocycles. The molecule has 0 heterocycles. The Balaban J connectivity index is 3.09. The zero-order valence-electron chi connectivity index (χ0n) is 16.3. The number of Topliss-reactive ketones (excluding diaryl/α,β-unsaturated/α-hetero) is 1. The van der Waals surface area contributed by atoms with Crippen molar-refractivity contribution in [2.45, 2.75) is 78.4 Å². The predicted octanol–water partition coefficient (Wildman–Crippen LogP) is 5.97. The van der Waals surface area contributed by atoms with E-state index in [-0.39, 0.29) is 21.7 Å². The van der Waals surface area contributed by atoms with Gasteiger partial charge in [-0.1, -0.05) is 57.2 Å². The summed E-state index contributed by atoms with van der Waals surface area (Å²) in [7, 11) is 0. The zero-order chi connectivity index (χ0) is 18.5. The molecule has 0 N–H and O–H groups in total. The van der Waals surface area contributed by atoms with Gasteiger partial charge in [-0.25, -0.2) is 0 Å². The minimum absolute atomic E-state index is 0.0544. The van der Waals surface area contributed by atoms with Gasteiger partial charge >= 0.3 is 0 Å². The van der Waals surface area contributed by atoms with Crippen LogP contribution in [0.1, 0.15) is 73.6 Å². The van der Waals surface area contributed by atoms with E-state index in [0.29, 0.717) is 18.6 Å². The van der Waals surface area contributed by atoms with E-state index in [2.05, 4.69) is 40.3 Å². The third kappa shape index (κ3) is 5.61. The van der Waals surface area contributed by atoms with E-state index < -0.39 is 5.41 Å². The molecule has 3 atom stereocenters. The van der Waals surface area contributed by atoms with Gasteiger partial charge in [0.05, 0.1) is 0 Å². The summed E-state index contributed by atoms with van der Waals surface area (Å²) in [5.41, 5.74) is 0.599. The van der Waals surface area contributed by atoms with Gasteiger partial charge in [0.2, 0.25) is 0 Å². The molecular formula is C21H34O2S. The van der Waals surface area contributed by atoms with Crippen molar-refractivity contribution in [1.29, 1.82) is 0 Å². The number of thioether (sulfide) groups is 1. The summed E-state index contributed by atoms with van der Waals surface area (Å²) in [5, 5.41) is 0.250. The molecule has 0 aliphatic heterocycles. The summed E-state index contributed by atoms with van der Waals surface area (Å²) in [4.78, 5) is 25.6. The lowest BCUT2D eigenvalue weighted by atomic mass is 9.68. The quantitative estimate of drug-likeness (QED) is 0.531. The van der Waals surface area contributed by atoms with Crippen LogP contribution in [0.2, 0.25) is 0 Å². The average molecular weight is 351 g/mol. The summed E-state index contributed by atoms with van der Waals surface area (Å²) in [6, 6.07) is 0. The van der Waals surface area contributed by atoms with E-state index in [0.717, 1.165) is 24.8 Å². The van der Waals surface area contributed by atoms with Crippen LogP contribution in [0, 0.1) is 17.3 Å². The Morgan fingerprint density at radius 1 is 1.46 bits per heavy atom. The van der Waals surface area contributed by atoms with Gasteiger partial charge in [0.25, 0.3) is 0 Å². The molecule has 1 aliphatic rings. The number of hydrogen-bond donors (Lipinski definition) is 0. The number of carbonyl (C=O) groups is 2. The van der Waals surface area contributed by atoms with Crippen molar-refractivity contribution in [3.8, 4) is 0 Å². The van der Waals surface area contributed by atoms with Crippen molar-refractivity contribution in [3.05, 3.63) is 24.3 Å². The van der Waals surface area contributed by atoms with Crippen molar-refractivity contribution < 1.29 is 9.59 Å². The highest BCUT2D eigenvalue weighted by atomic mass is 32.2. The first-order chi connectivity index (χ1) is 11.0. The fraction of sp³-hybridized carbons (Fsp3) is 0.714. The van der Waals surface area contributed by atoms with Crippen LogP contribution >= 0.6 is 11.8 Å². The van der Waals surface area contributed by atoms with Gasteiger partial charge in [-0.05, 0) is 45.4 Å². The van der Waals surface area contributed by atoms with Crippen molar-refractivity contribution >= 4 is 22.7 Å². The van der Waals surface area contributed by atoms with Crippen LogP contribution < -0.4 is 0 Å². The van der Waals surface area contributed by atoms with E-state index in [1.807, 2.05) is 19.9 Å². The first-order valence-electron chi connectivity index (χ1n) is 9.03. The molecular weight excluding hydrogens is 316 g/mol. The summed E-state index contributed by atoms with van der Waals surface area (Å²) in [6.07, 6.45) is 8.01. The van der Waals surface area contributed by atoms with Gasteiger partial charge < -0.3 is 0 Å². The molecule has 1 aliphatic carbocycles. The standard InChI is InChI=1S/C21H34O2S/c1-8-9-10-11-16(19(23)24-20(4,5)6)17-12-13-18(22)21(17,7)14-15(2)3/h8-9,16-17H,2,10-14H2,1,3-7H3/t16-,17-,21-/m1/s1. The highest BCUT2D eigenvalue weighted by molar-refractivity contribution is 8.14. The van der Waals surface area contributed by atoms with Gasteiger partial charge in [0.15, 0.2) is 5.12 Å². The lowest BCUT2D eigenvalue weighted by Gasteiger charge is -2.36. The van der Waals surface area contributed by atoms with Gasteiger partial charge in [0.1, 0.15) is 5.78 Å². The van der Waals surface area contributed by atoms with Crippen LogP contribution in [0.4, 0.5) is 0 Å². The van der Waals surface area contributed by atoms with Crippen LogP contribution in [0.3, 0.4) is 0 Å². The molecule has 0 aromatic carbocycles. The molecule has 0 radical (unpaired) electrons. The Labute approximate surface area is 152 Å². The highest BCUT2D eigenvalue weighted by Gasteiger charge is 2.50. The Bertz CT molecular complexity index is 512. The monoisotopic (exact) mass is 350 g/mol. The second kappa shape index (κ2) is 8.51. The maximum absolute atomic E-state index is 13.0. The molecule has 0 bridgehead atoms. The summed E-state index contributed by atoms with van der Waals surface area (Å²) in [5.74, 6) is 0.385. The molecule has 1 rings (SSSR count). The Kier molecular flexibility index (Phi) is 7.52. The maximum Gasteiger partial charge on any atom is 0.192 e. The van der Waals surface area contributed by atoms with E-state index in [1.165, 1.54) is 11.8 Å². The average Bonchev–Trinajstić information content (AvgIpc) is 2.68. The first-order valence-corrected chi connectivity index (χ1v) is 9.84. The number of carbonyl (C=O) groups excluding carboxylic acids is 2. The van der Waals surface area contributed by atoms with E-state index >= 15 is 0 Å². The van der Waals surface area contributed by atoms with Gasteiger partial charge in [-0.3, -0.25) is 9.59 Å². The number of rotatable bonds is 7. The normalized spacial score (nSPS) is 26.1. The molecule has 136 valence electrons. The van der Waals surface area contributed by atoms with Crippen molar-refractivity contribution in [3.63, 3.8) is 0 Å². The fourth-order valence-electron chi connectivity index (χ4n) is 3.90. The molecule has 0 spiro atoms. The predicted molar refractivity (Wildman–Crippen MR) is 105 cm³/mol.